The molecule has 1 aromatic carbocycles. The van der Waals surface area contributed by atoms with Crippen LogP contribution in [0.25, 0.3) is 0 Å². The van der Waals surface area contributed by atoms with Crippen molar-refractivity contribution in [3.05, 3.63) is 47.0 Å². The Hall–Kier alpha value is -2.45. The molecule has 8 heteroatoms. The molecule has 29 heavy (non-hydrogen) atoms. The van der Waals surface area contributed by atoms with Crippen molar-refractivity contribution >= 4 is 28.5 Å². The SMILES string of the molecule is CC1CCN(Cc2csc(NC(=O)[C@@H](C)NC(=O)OCc3ccccc3)n2)CC1. The van der Waals surface area contributed by atoms with E-state index < -0.39 is 12.1 Å². The van der Waals surface area contributed by atoms with Gasteiger partial charge in [0.25, 0.3) is 0 Å². The number of likely N-dealkylation sites (tertiary alicyclic amines) is 1. The van der Waals surface area contributed by atoms with E-state index in [0.717, 1.165) is 36.8 Å². The van der Waals surface area contributed by atoms with Gasteiger partial charge in [-0.3, -0.25) is 9.69 Å². The molecule has 2 amide bonds. The van der Waals surface area contributed by atoms with Gasteiger partial charge in [-0.1, -0.05) is 37.3 Å². The number of ether oxygens (including phenoxy) is 1. The fourth-order valence-corrected chi connectivity index (χ4v) is 3.81. The standard InChI is InChI=1S/C21H28N4O3S/c1-15-8-10-25(11-9-15)12-18-14-29-20(23-18)24-19(26)16(2)22-21(27)28-13-17-6-4-3-5-7-17/h3-7,14-16H,8-13H2,1-2H3,(H,22,27)(H,23,24,26)/t16-/m1/s1. The zero-order valence-corrected chi connectivity index (χ0v) is 17.7. The maximum Gasteiger partial charge on any atom is 0.408 e. The van der Waals surface area contributed by atoms with Crippen LogP contribution in [-0.2, 0) is 22.7 Å². The molecule has 0 aliphatic carbocycles. The number of nitrogens with one attached hydrogen (secondary N) is 2. The van der Waals surface area contributed by atoms with Crippen LogP contribution in [0.1, 0.15) is 37.9 Å². The maximum atomic E-state index is 12.3. The largest absolute Gasteiger partial charge is 0.445 e. The third-order valence-corrected chi connectivity index (χ3v) is 5.79. The van der Waals surface area contributed by atoms with E-state index in [1.807, 2.05) is 35.7 Å². The first kappa shape index (κ1) is 21.3. The third-order valence-electron chi connectivity index (χ3n) is 4.98. The zero-order valence-electron chi connectivity index (χ0n) is 16.9. The Labute approximate surface area is 175 Å². The molecular formula is C21H28N4O3S. The molecule has 2 N–H and O–H groups in total. The number of aromatic nitrogens is 1. The smallest absolute Gasteiger partial charge is 0.408 e. The van der Waals surface area contributed by atoms with Crippen LogP contribution < -0.4 is 10.6 Å². The van der Waals surface area contributed by atoms with E-state index in [4.69, 9.17) is 4.74 Å². The van der Waals surface area contributed by atoms with E-state index in [-0.39, 0.29) is 12.5 Å². The fraction of sp³-hybridized carbons (Fsp3) is 0.476. The van der Waals surface area contributed by atoms with Gasteiger partial charge in [0.1, 0.15) is 12.6 Å². The normalized spacial score (nSPS) is 16.2. The van der Waals surface area contributed by atoms with Gasteiger partial charge in [0.15, 0.2) is 5.13 Å². The quantitative estimate of drug-likeness (QED) is 0.720. The van der Waals surface area contributed by atoms with Crippen molar-refractivity contribution in [3.63, 3.8) is 0 Å². The van der Waals surface area contributed by atoms with Crippen molar-refractivity contribution in [3.8, 4) is 0 Å². The highest BCUT2D eigenvalue weighted by Crippen LogP contribution is 2.21. The second-order valence-corrected chi connectivity index (χ2v) is 8.38. The highest BCUT2D eigenvalue weighted by Gasteiger charge is 2.19. The summed E-state index contributed by atoms with van der Waals surface area (Å²) < 4.78 is 5.15. The lowest BCUT2D eigenvalue weighted by atomic mass is 9.99. The predicted octanol–water partition coefficient (Wildman–Crippen LogP) is 3.63. The minimum atomic E-state index is -0.728. The number of anilines is 1. The second-order valence-electron chi connectivity index (χ2n) is 7.52. The van der Waals surface area contributed by atoms with Gasteiger partial charge >= 0.3 is 6.09 Å². The molecule has 0 radical (unpaired) electrons. The van der Waals surface area contributed by atoms with Crippen molar-refractivity contribution in [2.24, 2.45) is 5.92 Å². The molecule has 2 aromatic rings. The molecule has 1 aromatic heterocycles. The molecular weight excluding hydrogens is 388 g/mol. The second kappa shape index (κ2) is 10.4. The Morgan fingerprint density at radius 3 is 2.72 bits per heavy atom. The van der Waals surface area contributed by atoms with Gasteiger partial charge in [0.05, 0.1) is 5.69 Å². The number of nitrogens with zero attached hydrogens (tertiary/aromatic N) is 2. The van der Waals surface area contributed by atoms with Crippen LogP contribution in [0.3, 0.4) is 0 Å². The summed E-state index contributed by atoms with van der Waals surface area (Å²) in [6.07, 6.45) is 1.81. The molecule has 0 saturated carbocycles. The summed E-state index contributed by atoms with van der Waals surface area (Å²) in [5, 5.41) is 7.82. The van der Waals surface area contributed by atoms with Crippen LogP contribution in [0.5, 0.6) is 0 Å². The number of amides is 2. The Morgan fingerprint density at radius 2 is 2.00 bits per heavy atom. The molecule has 3 rings (SSSR count). The summed E-state index contributed by atoms with van der Waals surface area (Å²) in [4.78, 5) is 31.1. The van der Waals surface area contributed by atoms with Crippen molar-refractivity contribution in [1.82, 2.24) is 15.2 Å². The minimum absolute atomic E-state index is 0.159. The van der Waals surface area contributed by atoms with Crippen LogP contribution in [0.4, 0.5) is 9.93 Å². The summed E-state index contributed by atoms with van der Waals surface area (Å²) >= 11 is 1.40. The highest BCUT2D eigenvalue weighted by atomic mass is 32.1. The van der Waals surface area contributed by atoms with Gasteiger partial charge in [0.2, 0.25) is 5.91 Å². The van der Waals surface area contributed by atoms with Crippen molar-refractivity contribution < 1.29 is 14.3 Å². The van der Waals surface area contributed by atoms with E-state index in [1.165, 1.54) is 24.2 Å². The van der Waals surface area contributed by atoms with Crippen molar-refractivity contribution in [2.75, 3.05) is 18.4 Å². The number of hydrogen-bond acceptors (Lipinski definition) is 6. The van der Waals surface area contributed by atoms with Gasteiger partial charge in [-0.15, -0.1) is 11.3 Å². The molecule has 0 bridgehead atoms. The number of benzene rings is 1. The Balaban J connectivity index is 1.41. The molecule has 0 spiro atoms. The summed E-state index contributed by atoms with van der Waals surface area (Å²) in [6.45, 7) is 7.05. The molecule has 0 unspecified atom stereocenters. The minimum Gasteiger partial charge on any atom is -0.445 e. The van der Waals surface area contributed by atoms with Gasteiger partial charge in [-0.25, -0.2) is 9.78 Å². The Kier molecular flexibility index (Phi) is 7.60. The van der Waals surface area contributed by atoms with Crippen LogP contribution in [-0.4, -0.2) is 41.0 Å². The van der Waals surface area contributed by atoms with Crippen LogP contribution in [0.2, 0.25) is 0 Å². The number of carbonyl (C=O) groups is 2. The molecule has 1 atom stereocenters. The van der Waals surface area contributed by atoms with Crippen LogP contribution in [0, 0.1) is 5.92 Å². The first-order chi connectivity index (χ1) is 14.0. The van der Waals surface area contributed by atoms with Crippen LogP contribution in [0.15, 0.2) is 35.7 Å². The monoisotopic (exact) mass is 416 g/mol. The van der Waals surface area contributed by atoms with E-state index in [2.05, 4.69) is 27.4 Å². The average molecular weight is 417 g/mol. The highest BCUT2D eigenvalue weighted by molar-refractivity contribution is 7.13. The molecule has 2 heterocycles. The van der Waals surface area contributed by atoms with E-state index in [0.29, 0.717) is 5.13 Å². The van der Waals surface area contributed by atoms with E-state index in [1.54, 1.807) is 6.92 Å². The van der Waals surface area contributed by atoms with Crippen LogP contribution >= 0.6 is 11.3 Å². The van der Waals surface area contributed by atoms with Crippen molar-refractivity contribution in [1.29, 1.82) is 0 Å². The van der Waals surface area contributed by atoms with E-state index in [9.17, 15) is 9.59 Å². The topological polar surface area (TPSA) is 83.6 Å². The zero-order chi connectivity index (χ0) is 20.6. The molecule has 1 fully saturated rings. The molecule has 1 aliphatic rings. The predicted molar refractivity (Wildman–Crippen MR) is 114 cm³/mol. The molecule has 1 saturated heterocycles. The maximum absolute atomic E-state index is 12.3. The lowest BCUT2D eigenvalue weighted by molar-refractivity contribution is -0.117. The number of hydrogen-bond donors (Lipinski definition) is 2. The average Bonchev–Trinajstić information content (AvgIpc) is 3.15. The number of carbonyl (C=O) groups excluding carboxylic acids is 2. The first-order valence-corrected chi connectivity index (χ1v) is 10.8. The summed E-state index contributed by atoms with van der Waals surface area (Å²) in [7, 11) is 0. The number of rotatable bonds is 7. The third kappa shape index (κ3) is 6.83. The number of alkyl carbamates (subject to hydrolysis) is 1. The fourth-order valence-electron chi connectivity index (χ4n) is 3.11. The Morgan fingerprint density at radius 1 is 1.28 bits per heavy atom. The summed E-state index contributed by atoms with van der Waals surface area (Å²) in [5.74, 6) is 0.472. The molecule has 7 nitrogen and oxygen atoms in total. The van der Waals surface area contributed by atoms with Gasteiger partial charge in [-0.2, -0.15) is 0 Å². The van der Waals surface area contributed by atoms with E-state index >= 15 is 0 Å². The van der Waals surface area contributed by atoms with Gasteiger partial charge in [-0.05, 0) is 44.3 Å². The van der Waals surface area contributed by atoms with Gasteiger partial charge < -0.3 is 15.4 Å². The summed E-state index contributed by atoms with van der Waals surface area (Å²) in [5.41, 5.74) is 1.85. The summed E-state index contributed by atoms with van der Waals surface area (Å²) in [6, 6.07) is 8.66. The van der Waals surface area contributed by atoms with Crippen molar-refractivity contribution in [2.45, 2.75) is 45.9 Å². The molecule has 1 aliphatic heterocycles. The molecule has 156 valence electrons. The lowest BCUT2D eigenvalue weighted by Gasteiger charge is -2.29. The number of piperidine rings is 1. The lowest BCUT2D eigenvalue weighted by Crippen LogP contribution is -2.41. The van der Waals surface area contributed by atoms with Gasteiger partial charge in [0, 0.05) is 11.9 Å². The Bertz CT molecular complexity index is 803. The number of thiazole rings is 1. The first-order valence-electron chi connectivity index (χ1n) is 9.94.